The van der Waals surface area contributed by atoms with Crippen molar-refractivity contribution < 1.29 is 0 Å². The fraction of sp³-hybridized carbons (Fsp3) is 0.667. The first-order valence-electron chi connectivity index (χ1n) is 7.47. The highest BCUT2D eigenvalue weighted by molar-refractivity contribution is 4.89. The van der Waals surface area contributed by atoms with Crippen LogP contribution in [0.15, 0.2) is 37.0 Å². The Bertz CT molecular complexity index is 237. The first kappa shape index (κ1) is 17.2. The molecule has 0 bridgehead atoms. The minimum absolute atomic E-state index is 0.500. The van der Waals surface area contributed by atoms with Gasteiger partial charge in [-0.15, -0.1) is 6.58 Å². The average molecular weight is 248 g/mol. The number of allylic oxidation sites excluding steroid dienone is 5. The summed E-state index contributed by atoms with van der Waals surface area (Å²) < 4.78 is 0. The third kappa shape index (κ3) is 15.2. The van der Waals surface area contributed by atoms with Crippen molar-refractivity contribution in [3.05, 3.63) is 37.0 Å². The largest absolute Gasteiger partial charge is 0.103 e. The van der Waals surface area contributed by atoms with Crippen LogP contribution >= 0.6 is 0 Å². The van der Waals surface area contributed by atoms with Gasteiger partial charge in [-0.05, 0) is 50.4 Å². The molecule has 0 aromatic rings. The van der Waals surface area contributed by atoms with Crippen LogP contribution in [-0.4, -0.2) is 0 Å². The summed E-state index contributed by atoms with van der Waals surface area (Å²) >= 11 is 0. The lowest BCUT2D eigenvalue weighted by molar-refractivity contribution is 0.361. The molecule has 104 valence electrons. The van der Waals surface area contributed by atoms with Crippen molar-refractivity contribution in [3.8, 4) is 0 Å². The van der Waals surface area contributed by atoms with Gasteiger partial charge < -0.3 is 0 Å². The highest BCUT2D eigenvalue weighted by Crippen LogP contribution is 2.21. The first-order chi connectivity index (χ1) is 8.56. The van der Waals surface area contributed by atoms with Gasteiger partial charge >= 0.3 is 0 Å². The minimum Gasteiger partial charge on any atom is -0.103 e. The second kappa shape index (κ2) is 11.3. The molecular weight excluding hydrogens is 216 g/mol. The quantitative estimate of drug-likeness (QED) is 0.308. The Morgan fingerprint density at radius 3 is 1.72 bits per heavy atom. The van der Waals surface area contributed by atoms with Gasteiger partial charge in [0.05, 0.1) is 0 Å². The van der Waals surface area contributed by atoms with E-state index in [0.29, 0.717) is 5.41 Å². The van der Waals surface area contributed by atoms with Crippen LogP contribution < -0.4 is 0 Å². The molecule has 0 aromatic heterocycles. The number of hydrogen-bond acceptors (Lipinski definition) is 0. The molecule has 0 amide bonds. The standard InChI is InChI=1S/C18H32/c1-5-6-7-8-9-10-11-12-13-14-15-16-17-18(2,3)4/h5,8-9,12-13H,1,6-7,10-11,14-17H2,2-4H3. The van der Waals surface area contributed by atoms with Gasteiger partial charge in [0.15, 0.2) is 0 Å². The zero-order chi connectivity index (χ0) is 13.7. The van der Waals surface area contributed by atoms with Crippen LogP contribution in [-0.2, 0) is 0 Å². The lowest BCUT2D eigenvalue weighted by Crippen LogP contribution is -2.03. The van der Waals surface area contributed by atoms with Gasteiger partial charge in [0.25, 0.3) is 0 Å². The Morgan fingerprint density at radius 1 is 0.722 bits per heavy atom. The molecule has 0 fully saturated rings. The van der Waals surface area contributed by atoms with Crippen LogP contribution in [0, 0.1) is 5.41 Å². The smallest absolute Gasteiger partial charge is 0.0316 e. The van der Waals surface area contributed by atoms with Crippen LogP contribution in [0.5, 0.6) is 0 Å². The maximum Gasteiger partial charge on any atom is -0.0316 e. The summed E-state index contributed by atoms with van der Waals surface area (Å²) in [5, 5.41) is 0. The molecule has 0 radical (unpaired) electrons. The molecule has 0 saturated carbocycles. The summed E-state index contributed by atoms with van der Waals surface area (Å²) in [6.07, 6.45) is 21.1. The molecule has 0 heteroatoms. The molecule has 0 unspecified atom stereocenters. The molecule has 0 rings (SSSR count). The topological polar surface area (TPSA) is 0 Å². The summed E-state index contributed by atoms with van der Waals surface area (Å²) in [5.74, 6) is 0. The Hall–Kier alpha value is -0.780. The average Bonchev–Trinajstić information content (AvgIpc) is 2.29. The van der Waals surface area contributed by atoms with E-state index in [9.17, 15) is 0 Å². The molecule has 0 spiro atoms. The fourth-order valence-corrected chi connectivity index (χ4v) is 1.80. The molecular formula is C18H32. The third-order valence-electron chi connectivity index (χ3n) is 2.92. The van der Waals surface area contributed by atoms with Crippen molar-refractivity contribution in [2.75, 3.05) is 0 Å². The summed E-state index contributed by atoms with van der Waals surface area (Å²) in [6, 6.07) is 0. The molecule has 0 aliphatic carbocycles. The number of unbranched alkanes of at least 4 members (excludes halogenated alkanes) is 4. The fourth-order valence-electron chi connectivity index (χ4n) is 1.80. The van der Waals surface area contributed by atoms with E-state index in [1.807, 2.05) is 6.08 Å². The van der Waals surface area contributed by atoms with Crippen molar-refractivity contribution in [1.82, 2.24) is 0 Å². The van der Waals surface area contributed by atoms with Gasteiger partial charge in [0, 0.05) is 0 Å². The molecule has 0 aromatic carbocycles. The molecule has 18 heavy (non-hydrogen) atoms. The Morgan fingerprint density at radius 2 is 1.22 bits per heavy atom. The van der Waals surface area contributed by atoms with Crippen molar-refractivity contribution >= 4 is 0 Å². The second-order valence-corrected chi connectivity index (χ2v) is 6.19. The lowest BCUT2D eigenvalue weighted by atomic mass is 9.89. The number of hydrogen-bond donors (Lipinski definition) is 0. The van der Waals surface area contributed by atoms with E-state index in [-0.39, 0.29) is 0 Å². The maximum atomic E-state index is 3.71. The summed E-state index contributed by atoms with van der Waals surface area (Å²) in [7, 11) is 0. The zero-order valence-electron chi connectivity index (χ0n) is 12.8. The summed E-state index contributed by atoms with van der Waals surface area (Å²) in [4.78, 5) is 0. The van der Waals surface area contributed by atoms with E-state index < -0.39 is 0 Å². The lowest BCUT2D eigenvalue weighted by Gasteiger charge is -2.17. The van der Waals surface area contributed by atoms with E-state index >= 15 is 0 Å². The van der Waals surface area contributed by atoms with E-state index in [4.69, 9.17) is 0 Å². The van der Waals surface area contributed by atoms with Gasteiger partial charge in [-0.2, -0.15) is 0 Å². The number of rotatable bonds is 10. The Balaban J connectivity index is 3.28. The van der Waals surface area contributed by atoms with E-state index in [0.717, 1.165) is 12.8 Å². The molecule has 0 atom stereocenters. The molecule has 0 heterocycles. The van der Waals surface area contributed by atoms with Crippen LogP contribution in [0.25, 0.3) is 0 Å². The van der Waals surface area contributed by atoms with E-state index in [1.165, 1.54) is 38.5 Å². The third-order valence-corrected chi connectivity index (χ3v) is 2.92. The predicted octanol–water partition coefficient (Wildman–Crippen LogP) is 6.45. The SMILES string of the molecule is C=CCCC=CCCC=CCCCCC(C)(C)C. The summed E-state index contributed by atoms with van der Waals surface area (Å²) in [5.41, 5.74) is 0.500. The van der Waals surface area contributed by atoms with Crippen LogP contribution in [0.1, 0.15) is 72.1 Å². The van der Waals surface area contributed by atoms with Gasteiger partial charge in [-0.3, -0.25) is 0 Å². The first-order valence-corrected chi connectivity index (χ1v) is 7.47. The molecule has 0 N–H and O–H groups in total. The molecule has 0 aliphatic rings. The Kier molecular flexibility index (Phi) is 10.8. The van der Waals surface area contributed by atoms with Crippen molar-refractivity contribution in [2.24, 2.45) is 5.41 Å². The van der Waals surface area contributed by atoms with Gasteiger partial charge in [-0.1, -0.05) is 57.6 Å². The van der Waals surface area contributed by atoms with E-state index in [1.54, 1.807) is 0 Å². The minimum atomic E-state index is 0.500. The predicted molar refractivity (Wildman–Crippen MR) is 84.9 cm³/mol. The van der Waals surface area contributed by atoms with Crippen molar-refractivity contribution in [3.63, 3.8) is 0 Å². The second-order valence-electron chi connectivity index (χ2n) is 6.19. The van der Waals surface area contributed by atoms with E-state index in [2.05, 4.69) is 51.7 Å². The van der Waals surface area contributed by atoms with Crippen LogP contribution in [0.2, 0.25) is 0 Å². The van der Waals surface area contributed by atoms with Crippen LogP contribution in [0.4, 0.5) is 0 Å². The van der Waals surface area contributed by atoms with Gasteiger partial charge in [0.2, 0.25) is 0 Å². The highest BCUT2D eigenvalue weighted by atomic mass is 14.1. The highest BCUT2D eigenvalue weighted by Gasteiger charge is 2.08. The molecule has 0 aliphatic heterocycles. The van der Waals surface area contributed by atoms with Crippen LogP contribution in [0.3, 0.4) is 0 Å². The molecule has 0 saturated heterocycles. The Labute approximate surface area is 115 Å². The van der Waals surface area contributed by atoms with Gasteiger partial charge in [0.1, 0.15) is 0 Å². The van der Waals surface area contributed by atoms with Crippen molar-refractivity contribution in [2.45, 2.75) is 72.1 Å². The zero-order valence-corrected chi connectivity index (χ0v) is 12.8. The normalized spacial score (nSPS) is 12.6. The molecule has 0 nitrogen and oxygen atoms in total. The monoisotopic (exact) mass is 248 g/mol. The maximum absolute atomic E-state index is 3.71. The van der Waals surface area contributed by atoms with Crippen molar-refractivity contribution in [1.29, 1.82) is 0 Å². The summed E-state index contributed by atoms with van der Waals surface area (Å²) in [6.45, 7) is 10.7. The van der Waals surface area contributed by atoms with Gasteiger partial charge in [-0.25, -0.2) is 0 Å².